The van der Waals surface area contributed by atoms with Gasteiger partial charge in [0.25, 0.3) is 0 Å². The Morgan fingerprint density at radius 1 is 0.971 bits per heavy atom. The second kappa shape index (κ2) is 12.2. The Balaban J connectivity index is 1.37. The Kier molecular flexibility index (Phi) is 9.08. The number of aliphatic carboxylic acids is 1. The van der Waals surface area contributed by atoms with Gasteiger partial charge in [-0.15, -0.1) is 0 Å². The molecular weight excluding hydrogens is 432 g/mol. The highest BCUT2D eigenvalue weighted by Gasteiger charge is 2.29. The van der Waals surface area contributed by atoms with E-state index in [9.17, 15) is 14.4 Å². The van der Waals surface area contributed by atoms with Gasteiger partial charge in [-0.25, -0.2) is 4.79 Å². The largest absolute Gasteiger partial charge is 0.481 e. The van der Waals surface area contributed by atoms with Crippen LogP contribution in [-0.4, -0.2) is 42.8 Å². The number of carbonyl (C=O) groups is 3. The molecule has 2 amide bonds. The first-order chi connectivity index (χ1) is 16.4. The van der Waals surface area contributed by atoms with Gasteiger partial charge >= 0.3 is 12.1 Å². The highest BCUT2D eigenvalue weighted by molar-refractivity contribution is 5.79. The highest BCUT2D eigenvalue weighted by atomic mass is 16.5. The predicted molar refractivity (Wildman–Crippen MR) is 131 cm³/mol. The minimum atomic E-state index is -0.853. The first kappa shape index (κ1) is 25.3. The molecule has 0 aliphatic heterocycles. The third kappa shape index (κ3) is 6.83. The van der Waals surface area contributed by atoms with Crippen molar-refractivity contribution in [1.82, 2.24) is 10.6 Å². The molecule has 0 spiro atoms. The fraction of sp³-hybridized carbons (Fsp3) is 0.444. The molecule has 2 aromatic rings. The molecule has 182 valence electrons. The minimum Gasteiger partial charge on any atom is -0.481 e. The van der Waals surface area contributed by atoms with Crippen molar-refractivity contribution in [2.45, 2.75) is 45.4 Å². The maximum atomic E-state index is 12.3. The van der Waals surface area contributed by atoms with E-state index in [4.69, 9.17) is 9.84 Å². The summed E-state index contributed by atoms with van der Waals surface area (Å²) in [5, 5.41) is 14.5. The highest BCUT2D eigenvalue weighted by Crippen LogP contribution is 2.44. The van der Waals surface area contributed by atoms with Gasteiger partial charge in [-0.2, -0.15) is 0 Å². The zero-order valence-corrected chi connectivity index (χ0v) is 19.9. The number of carbonyl (C=O) groups excluding carboxylic acids is 2. The fourth-order valence-corrected chi connectivity index (χ4v) is 4.43. The second-order valence-corrected chi connectivity index (χ2v) is 9.03. The quantitative estimate of drug-likeness (QED) is 0.425. The maximum absolute atomic E-state index is 12.3. The molecule has 7 nitrogen and oxygen atoms in total. The normalized spacial score (nSPS) is 13.9. The number of amides is 2. The topological polar surface area (TPSA) is 105 Å². The lowest BCUT2D eigenvalue weighted by Crippen LogP contribution is -2.32. The van der Waals surface area contributed by atoms with Gasteiger partial charge in [-0.1, -0.05) is 68.8 Å². The molecule has 3 N–H and O–H groups in total. The molecule has 2 unspecified atom stereocenters. The van der Waals surface area contributed by atoms with E-state index >= 15 is 0 Å². The number of alkyl carbamates (subject to hydrolysis) is 1. The zero-order valence-electron chi connectivity index (χ0n) is 19.9. The molecule has 1 aliphatic rings. The minimum absolute atomic E-state index is 0.0221. The number of hydrogen-bond acceptors (Lipinski definition) is 4. The van der Waals surface area contributed by atoms with Crippen LogP contribution in [0.4, 0.5) is 4.79 Å². The number of rotatable bonds is 12. The van der Waals surface area contributed by atoms with E-state index in [0.29, 0.717) is 32.4 Å². The molecular formula is C27H34N2O5. The Morgan fingerprint density at radius 2 is 1.59 bits per heavy atom. The first-order valence-corrected chi connectivity index (χ1v) is 12.0. The van der Waals surface area contributed by atoms with Crippen molar-refractivity contribution >= 4 is 18.0 Å². The molecule has 0 saturated heterocycles. The van der Waals surface area contributed by atoms with E-state index in [-0.39, 0.29) is 36.7 Å². The van der Waals surface area contributed by atoms with Crippen LogP contribution in [0.3, 0.4) is 0 Å². The van der Waals surface area contributed by atoms with Crippen LogP contribution >= 0.6 is 0 Å². The molecule has 0 aromatic heterocycles. The number of nitrogens with one attached hydrogen (secondary N) is 2. The monoisotopic (exact) mass is 466 g/mol. The molecule has 34 heavy (non-hydrogen) atoms. The average Bonchev–Trinajstić information content (AvgIpc) is 3.14. The van der Waals surface area contributed by atoms with Crippen LogP contribution in [-0.2, 0) is 14.3 Å². The van der Waals surface area contributed by atoms with E-state index in [1.807, 2.05) is 38.1 Å². The van der Waals surface area contributed by atoms with Crippen molar-refractivity contribution in [3.8, 4) is 11.1 Å². The number of carboxylic acids is 1. The first-order valence-electron chi connectivity index (χ1n) is 12.0. The van der Waals surface area contributed by atoms with Crippen molar-refractivity contribution in [1.29, 1.82) is 0 Å². The van der Waals surface area contributed by atoms with Gasteiger partial charge in [-0.3, -0.25) is 9.59 Å². The molecule has 0 bridgehead atoms. The van der Waals surface area contributed by atoms with Crippen LogP contribution in [0.2, 0.25) is 0 Å². The maximum Gasteiger partial charge on any atom is 0.407 e. The van der Waals surface area contributed by atoms with Crippen molar-refractivity contribution in [2.75, 3.05) is 19.7 Å². The lowest BCUT2D eigenvalue weighted by atomic mass is 9.98. The van der Waals surface area contributed by atoms with Gasteiger partial charge in [0.1, 0.15) is 6.61 Å². The lowest BCUT2D eigenvalue weighted by Gasteiger charge is -2.16. The number of fused-ring (bicyclic) bond motifs is 3. The van der Waals surface area contributed by atoms with E-state index in [1.165, 1.54) is 22.3 Å². The van der Waals surface area contributed by atoms with E-state index < -0.39 is 12.1 Å². The van der Waals surface area contributed by atoms with Crippen LogP contribution in [0.25, 0.3) is 11.1 Å². The molecule has 0 radical (unpaired) electrons. The van der Waals surface area contributed by atoms with Gasteiger partial charge in [0, 0.05) is 31.8 Å². The van der Waals surface area contributed by atoms with Gasteiger partial charge in [0.2, 0.25) is 5.91 Å². The number of hydrogen-bond donors (Lipinski definition) is 3. The van der Waals surface area contributed by atoms with E-state index in [1.54, 1.807) is 0 Å². The standard InChI is InChI=1S/C27H34N2O5/c1-3-19(15-26(31)32)16-29-25(30)14-18(2)12-13-28-27(33)34-17-24-22-10-6-4-8-20(22)21-9-5-7-11-23(21)24/h4-11,18-19,24H,3,12-17H2,1-2H3,(H,28,33)(H,29,30)(H,31,32). The predicted octanol–water partition coefficient (Wildman–Crippen LogP) is 4.56. The summed E-state index contributed by atoms with van der Waals surface area (Å²) in [7, 11) is 0. The summed E-state index contributed by atoms with van der Waals surface area (Å²) in [4.78, 5) is 35.2. The van der Waals surface area contributed by atoms with Gasteiger partial charge in [0.15, 0.2) is 0 Å². The Bertz CT molecular complexity index is 961. The fourth-order valence-electron chi connectivity index (χ4n) is 4.43. The van der Waals surface area contributed by atoms with E-state index in [0.717, 1.165) is 0 Å². The van der Waals surface area contributed by atoms with E-state index in [2.05, 4.69) is 34.9 Å². The van der Waals surface area contributed by atoms with Crippen molar-refractivity contribution in [2.24, 2.45) is 11.8 Å². The number of carboxylic acid groups (broad SMARTS) is 1. The summed E-state index contributed by atoms with van der Waals surface area (Å²) in [6, 6.07) is 16.4. The van der Waals surface area contributed by atoms with Gasteiger partial charge < -0.3 is 20.5 Å². The van der Waals surface area contributed by atoms with Gasteiger partial charge in [0.05, 0.1) is 0 Å². The Morgan fingerprint density at radius 3 is 2.18 bits per heavy atom. The summed E-state index contributed by atoms with van der Waals surface area (Å²) in [5.74, 6) is -0.916. The second-order valence-electron chi connectivity index (χ2n) is 9.03. The van der Waals surface area contributed by atoms with Crippen LogP contribution in [0, 0.1) is 11.8 Å². The van der Waals surface area contributed by atoms with Crippen LogP contribution in [0.15, 0.2) is 48.5 Å². The van der Waals surface area contributed by atoms with Crippen LogP contribution < -0.4 is 10.6 Å². The summed E-state index contributed by atoms with van der Waals surface area (Å²) in [6.07, 6.45) is 1.26. The Labute approximate surface area is 200 Å². The average molecular weight is 467 g/mol. The molecule has 0 heterocycles. The molecule has 7 heteroatoms. The smallest absolute Gasteiger partial charge is 0.407 e. The summed E-state index contributed by atoms with van der Waals surface area (Å²) < 4.78 is 5.53. The Hall–Kier alpha value is -3.35. The van der Waals surface area contributed by atoms with Crippen molar-refractivity contribution in [3.05, 3.63) is 59.7 Å². The molecule has 2 aromatic carbocycles. The summed E-state index contributed by atoms with van der Waals surface area (Å²) in [6.45, 7) is 4.92. The summed E-state index contributed by atoms with van der Waals surface area (Å²) >= 11 is 0. The zero-order chi connectivity index (χ0) is 24.5. The lowest BCUT2D eigenvalue weighted by molar-refractivity contribution is -0.138. The third-order valence-corrected chi connectivity index (χ3v) is 6.41. The molecule has 3 rings (SSSR count). The van der Waals surface area contributed by atoms with Crippen molar-refractivity contribution in [3.63, 3.8) is 0 Å². The third-order valence-electron chi connectivity index (χ3n) is 6.41. The van der Waals surface area contributed by atoms with Crippen molar-refractivity contribution < 1.29 is 24.2 Å². The molecule has 0 fully saturated rings. The molecule has 0 saturated carbocycles. The SMILES string of the molecule is CCC(CNC(=O)CC(C)CCNC(=O)OCC1c2ccccc2-c2ccccc21)CC(=O)O. The number of benzene rings is 2. The van der Waals surface area contributed by atoms with Gasteiger partial charge in [-0.05, 0) is 40.5 Å². The molecule has 2 atom stereocenters. The number of ether oxygens (including phenoxy) is 1. The van der Waals surface area contributed by atoms with Crippen LogP contribution in [0.1, 0.15) is 56.6 Å². The summed E-state index contributed by atoms with van der Waals surface area (Å²) in [5.41, 5.74) is 4.72. The molecule has 1 aliphatic carbocycles. The van der Waals surface area contributed by atoms with Crippen LogP contribution in [0.5, 0.6) is 0 Å².